The van der Waals surface area contributed by atoms with Gasteiger partial charge in [-0.3, -0.25) is 10.1 Å². The van der Waals surface area contributed by atoms with Crippen molar-refractivity contribution in [3.05, 3.63) is 40.1 Å². The number of benzene rings is 1. The van der Waals surface area contributed by atoms with Gasteiger partial charge in [-0.05, 0) is 23.9 Å². The van der Waals surface area contributed by atoms with Crippen LogP contribution < -0.4 is 10.6 Å². The maximum Gasteiger partial charge on any atom is 0.293 e. The van der Waals surface area contributed by atoms with Crippen LogP contribution >= 0.6 is 0 Å². The summed E-state index contributed by atoms with van der Waals surface area (Å²) in [4.78, 5) is 12.1. The maximum absolute atomic E-state index is 10.8. The average molecular weight is 207 g/mol. The van der Waals surface area contributed by atoms with Crippen LogP contribution in [-0.4, -0.2) is 19.0 Å². The SMILES string of the molecule is CN(C)c1ccc(/C=C/N)cc1[N+](=O)[O-]. The average Bonchev–Trinajstić information content (AvgIpc) is 2.17. The third kappa shape index (κ3) is 2.46. The van der Waals surface area contributed by atoms with Crippen LogP contribution in [0.4, 0.5) is 11.4 Å². The fourth-order valence-corrected chi connectivity index (χ4v) is 1.28. The second-order valence-electron chi connectivity index (χ2n) is 3.26. The number of rotatable bonds is 3. The Kier molecular flexibility index (Phi) is 3.28. The third-order valence-electron chi connectivity index (χ3n) is 1.97. The number of hydrogen-bond acceptors (Lipinski definition) is 4. The molecule has 15 heavy (non-hydrogen) atoms. The van der Waals surface area contributed by atoms with E-state index >= 15 is 0 Å². The van der Waals surface area contributed by atoms with E-state index in [-0.39, 0.29) is 5.69 Å². The number of nitro benzene ring substituents is 1. The number of nitro groups is 1. The molecule has 0 heterocycles. The molecule has 80 valence electrons. The third-order valence-corrected chi connectivity index (χ3v) is 1.97. The molecular weight excluding hydrogens is 194 g/mol. The first-order valence-electron chi connectivity index (χ1n) is 4.40. The lowest BCUT2D eigenvalue weighted by atomic mass is 10.1. The van der Waals surface area contributed by atoms with E-state index in [1.165, 1.54) is 12.3 Å². The smallest absolute Gasteiger partial charge is 0.293 e. The van der Waals surface area contributed by atoms with Crippen molar-refractivity contribution in [3.8, 4) is 0 Å². The fourth-order valence-electron chi connectivity index (χ4n) is 1.28. The molecule has 5 heteroatoms. The van der Waals surface area contributed by atoms with Gasteiger partial charge in [0, 0.05) is 20.2 Å². The molecule has 0 bridgehead atoms. The van der Waals surface area contributed by atoms with Gasteiger partial charge < -0.3 is 10.6 Å². The Balaban J connectivity index is 3.27. The van der Waals surface area contributed by atoms with Gasteiger partial charge in [-0.25, -0.2) is 0 Å². The van der Waals surface area contributed by atoms with Crippen LogP contribution in [0.2, 0.25) is 0 Å². The molecule has 2 N–H and O–H groups in total. The zero-order valence-corrected chi connectivity index (χ0v) is 8.68. The van der Waals surface area contributed by atoms with Gasteiger partial charge >= 0.3 is 0 Å². The molecule has 0 saturated carbocycles. The normalized spacial score (nSPS) is 10.5. The van der Waals surface area contributed by atoms with E-state index in [1.807, 2.05) is 0 Å². The molecule has 0 fully saturated rings. The van der Waals surface area contributed by atoms with Crippen LogP contribution in [0.1, 0.15) is 5.56 Å². The maximum atomic E-state index is 10.8. The molecule has 0 radical (unpaired) electrons. The highest BCUT2D eigenvalue weighted by Crippen LogP contribution is 2.27. The van der Waals surface area contributed by atoms with Crippen LogP contribution in [0, 0.1) is 10.1 Å². The molecule has 1 aromatic carbocycles. The molecule has 1 aromatic rings. The van der Waals surface area contributed by atoms with Gasteiger partial charge in [-0.1, -0.05) is 6.07 Å². The summed E-state index contributed by atoms with van der Waals surface area (Å²) in [6, 6.07) is 4.98. The molecule has 0 atom stereocenters. The molecule has 0 aliphatic carbocycles. The number of anilines is 1. The van der Waals surface area contributed by atoms with E-state index in [9.17, 15) is 10.1 Å². The molecule has 0 amide bonds. The minimum absolute atomic E-state index is 0.0793. The quantitative estimate of drug-likeness (QED) is 0.603. The first-order valence-corrected chi connectivity index (χ1v) is 4.40. The Labute approximate surface area is 88.0 Å². The molecule has 1 rings (SSSR count). The van der Waals surface area contributed by atoms with Gasteiger partial charge in [0.2, 0.25) is 0 Å². The van der Waals surface area contributed by atoms with E-state index in [4.69, 9.17) is 5.73 Å². The number of hydrogen-bond donors (Lipinski definition) is 1. The van der Waals surface area contributed by atoms with Crippen LogP contribution in [-0.2, 0) is 0 Å². The zero-order chi connectivity index (χ0) is 11.4. The molecule has 0 aromatic heterocycles. The van der Waals surface area contributed by atoms with Gasteiger partial charge in [0.15, 0.2) is 0 Å². The van der Waals surface area contributed by atoms with Crippen molar-refractivity contribution in [1.82, 2.24) is 0 Å². The van der Waals surface area contributed by atoms with Crippen LogP contribution in [0.25, 0.3) is 6.08 Å². The first-order chi connectivity index (χ1) is 7.06. The predicted octanol–water partition coefficient (Wildman–Crippen LogP) is 1.59. The minimum atomic E-state index is -0.400. The van der Waals surface area contributed by atoms with Gasteiger partial charge in [-0.15, -0.1) is 0 Å². The monoisotopic (exact) mass is 207 g/mol. The van der Waals surface area contributed by atoms with Crippen molar-refractivity contribution in [3.63, 3.8) is 0 Å². The summed E-state index contributed by atoms with van der Waals surface area (Å²) < 4.78 is 0. The van der Waals surface area contributed by atoms with Gasteiger partial charge in [0.05, 0.1) is 4.92 Å². The van der Waals surface area contributed by atoms with Gasteiger partial charge in [0.25, 0.3) is 5.69 Å². The van der Waals surface area contributed by atoms with E-state index in [2.05, 4.69) is 0 Å². The summed E-state index contributed by atoms with van der Waals surface area (Å²) in [5.74, 6) is 0. The summed E-state index contributed by atoms with van der Waals surface area (Å²) >= 11 is 0. The summed E-state index contributed by atoms with van der Waals surface area (Å²) in [5, 5.41) is 10.8. The van der Waals surface area contributed by atoms with Crippen molar-refractivity contribution >= 4 is 17.5 Å². The summed E-state index contributed by atoms with van der Waals surface area (Å²) in [7, 11) is 3.53. The predicted molar refractivity (Wildman–Crippen MR) is 60.6 cm³/mol. The highest BCUT2D eigenvalue weighted by molar-refractivity contribution is 5.67. The summed E-state index contributed by atoms with van der Waals surface area (Å²) in [6.45, 7) is 0. The molecule has 0 aliphatic rings. The molecular formula is C10H13N3O2. The van der Waals surface area contributed by atoms with Crippen molar-refractivity contribution in [2.45, 2.75) is 0 Å². The highest BCUT2D eigenvalue weighted by atomic mass is 16.6. The van der Waals surface area contributed by atoms with Crippen LogP contribution in [0.15, 0.2) is 24.4 Å². The number of nitrogens with zero attached hydrogens (tertiary/aromatic N) is 2. The Morgan fingerprint density at radius 3 is 2.60 bits per heavy atom. The lowest BCUT2D eigenvalue weighted by molar-refractivity contribution is -0.384. The van der Waals surface area contributed by atoms with E-state index < -0.39 is 4.92 Å². The first kappa shape index (κ1) is 11.0. The van der Waals surface area contributed by atoms with Crippen molar-refractivity contribution in [2.75, 3.05) is 19.0 Å². The lowest BCUT2D eigenvalue weighted by Gasteiger charge is -2.12. The molecule has 5 nitrogen and oxygen atoms in total. The molecule has 0 spiro atoms. The zero-order valence-electron chi connectivity index (χ0n) is 8.68. The second-order valence-corrected chi connectivity index (χ2v) is 3.26. The summed E-state index contributed by atoms with van der Waals surface area (Å²) in [6.07, 6.45) is 2.97. The number of nitrogens with two attached hydrogens (primary N) is 1. The van der Waals surface area contributed by atoms with Gasteiger partial charge in [0.1, 0.15) is 5.69 Å². The second kappa shape index (κ2) is 4.45. The van der Waals surface area contributed by atoms with Crippen molar-refractivity contribution < 1.29 is 4.92 Å². The highest BCUT2D eigenvalue weighted by Gasteiger charge is 2.14. The van der Waals surface area contributed by atoms with E-state index in [1.54, 1.807) is 37.2 Å². The minimum Gasteiger partial charge on any atom is -0.405 e. The largest absolute Gasteiger partial charge is 0.405 e. The van der Waals surface area contributed by atoms with Crippen molar-refractivity contribution in [2.24, 2.45) is 5.73 Å². The van der Waals surface area contributed by atoms with E-state index in [0.29, 0.717) is 5.69 Å². The molecule has 0 unspecified atom stereocenters. The summed E-state index contributed by atoms with van der Waals surface area (Å²) in [5.41, 5.74) is 6.60. The Morgan fingerprint density at radius 1 is 1.47 bits per heavy atom. The molecule has 0 aliphatic heterocycles. The van der Waals surface area contributed by atoms with Crippen LogP contribution in [0.3, 0.4) is 0 Å². The Hall–Kier alpha value is -2.04. The molecule has 0 saturated heterocycles. The topological polar surface area (TPSA) is 72.4 Å². The lowest BCUT2D eigenvalue weighted by Crippen LogP contribution is -2.10. The Bertz CT molecular complexity index is 400. The Morgan fingerprint density at radius 2 is 2.13 bits per heavy atom. The fraction of sp³-hybridized carbons (Fsp3) is 0.200. The van der Waals surface area contributed by atoms with Crippen LogP contribution in [0.5, 0.6) is 0 Å². The van der Waals surface area contributed by atoms with E-state index in [0.717, 1.165) is 5.56 Å². The standard InChI is InChI=1S/C10H13N3O2/c1-12(2)9-4-3-8(5-6-11)7-10(9)13(14)15/h3-7H,11H2,1-2H3/b6-5+. The van der Waals surface area contributed by atoms with Crippen molar-refractivity contribution in [1.29, 1.82) is 0 Å². The van der Waals surface area contributed by atoms with Gasteiger partial charge in [-0.2, -0.15) is 0 Å².